The topological polar surface area (TPSA) is 26.3 Å². The molecule has 0 saturated heterocycles. The van der Waals surface area contributed by atoms with E-state index in [0.717, 1.165) is 0 Å². The molecule has 1 aliphatic rings. The van der Waals surface area contributed by atoms with Crippen molar-refractivity contribution in [2.75, 3.05) is 6.61 Å². The Morgan fingerprint density at radius 1 is 1.38 bits per heavy atom. The molecular formula is C10H14F4O2. The van der Waals surface area contributed by atoms with E-state index in [9.17, 15) is 22.4 Å². The van der Waals surface area contributed by atoms with Crippen molar-refractivity contribution in [1.82, 2.24) is 0 Å². The Bertz CT molecular complexity index is 272. The summed E-state index contributed by atoms with van der Waals surface area (Å²) in [6, 6.07) is 0. The molecule has 0 amide bonds. The average molecular weight is 242 g/mol. The van der Waals surface area contributed by atoms with E-state index in [4.69, 9.17) is 4.74 Å². The van der Waals surface area contributed by atoms with Gasteiger partial charge in [-0.3, -0.25) is 4.79 Å². The summed E-state index contributed by atoms with van der Waals surface area (Å²) in [6.45, 7) is 1.84. The molecule has 0 aliphatic heterocycles. The number of rotatable bonds is 6. The molecule has 6 heteroatoms. The van der Waals surface area contributed by atoms with Gasteiger partial charge in [-0.05, 0) is 12.8 Å². The Morgan fingerprint density at radius 3 is 2.19 bits per heavy atom. The molecule has 0 heterocycles. The van der Waals surface area contributed by atoms with E-state index in [2.05, 4.69) is 0 Å². The molecule has 0 aromatic heterocycles. The van der Waals surface area contributed by atoms with Gasteiger partial charge in [-0.1, -0.05) is 13.8 Å². The van der Waals surface area contributed by atoms with E-state index in [1.54, 1.807) is 13.8 Å². The summed E-state index contributed by atoms with van der Waals surface area (Å²) in [5, 5.41) is 0. The van der Waals surface area contributed by atoms with Crippen LogP contribution in [0.5, 0.6) is 0 Å². The normalized spacial score (nSPS) is 19.2. The third-order valence-corrected chi connectivity index (χ3v) is 2.54. The maximum atomic E-state index is 12.6. The molecule has 16 heavy (non-hydrogen) atoms. The molecule has 1 saturated carbocycles. The average Bonchev–Trinajstić information content (AvgIpc) is 2.94. The number of hydrogen-bond acceptors (Lipinski definition) is 2. The molecule has 0 unspecified atom stereocenters. The first-order chi connectivity index (χ1) is 7.21. The van der Waals surface area contributed by atoms with Crippen LogP contribution < -0.4 is 0 Å². The Kier molecular flexibility index (Phi) is 3.62. The number of halogens is 4. The molecule has 1 rings (SSSR count). The van der Waals surface area contributed by atoms with E-state index in [-0.39, 0.29) is 11.7 Å². The smallest absolute Gasteiger partial charge is 0.330 e. The van der Waals surface area contributed by atoms with Crippen LogP contribution in [0.4, 0.5) is 17.6 Å². The number of alkyl halides is 4. The molecule has 2 nitrogen and oxygen atoms in total. The molecule has 0 aromatic carbocycles. The molecule has 0 bridgehead atoms. The van der Waals surface area contributed by atoms with Crippen molar-refractivity contribution in [1.29, 1.82) is 0 Å². The quantitative estimate of drug-likeness (QED) is 0.669. The highest BCUT2D eigenvalue weighted by Gasteiger charge is 2.54. The van der Waals surface area contributed by atoms with Crippen LogP contribution in [0, 0.1) is 5.92 Å². The fraction of sp³-hybridized carbons (Fsp3) is 0.900. The molecule has 0 spiro atoms. The van der Waals surface area contributed by atoms with Crippen molar-refractivity contribution in [2.45, 2.75) is 44.6 Å². The molecule has 94 valence electrons. The van der Waals surface area contributed by atoms with Crippen LogP contribution >= 0.6 is 0 Å². The van der Waals surface area contributed by atoms with Gasteiger partial charge in [0.15, 0.2) is 5.78 Å². The molecule has 0 aromatic rings. The highest BCUT2D eigenvalue weighted by molar-refractivity contribution is 5.91. The first-order valence-corrected chi connectivity index (χ1v) is 5.05. The van der Waals surface area contributed by atoms with Crippen molar-refractivity contribution in [3.63, 3.8) is 0 Å². The zero-order valence-electron chi connectivity index (χ0n) is 9.10. The van der Waals surface area contributed by atoms with E-state index in [1.807, 2.05) is 0 Å². The molecule has 0 atom stereocenters. The molecule has 0 radical (unpaired) electrons. The van der Waals surface area contributed by atoms with Crippen LogP contribution in [-0.4, -0.2) is 30.3 Å². The first-order valence-electron chi connectivity index (χ1n) is 5.05. The summed E-state index contributed by atoms with van der Waals surface area (Å²) >= 11 is 0. The summed E-state index contributed by atoms with van der Waals surface area (Å²) in [5.74, 6) is -4.83. The van der Waals surface area contributed by atoms with E-state index >= 15 is 0 Å². The van der Waals surface area contributed by atoms with Crippen LogP contribution in [0.25, 0.3) is 0 Å². The predicted molar refractivity (Wildman–Crippen MR) is 48.7 cm³/mol. The van der Waals surface area contributed by atoms with E-state index in [1.165, 1.54) is 0 Å². The van der Waals surface area contributed by atoms with Crippen molar-refractivity contribution < 1.29 is 27.1 Å². The van der Waals surface area contributed by atoms with Crippen molar-refractivity contribution in [3.05, 3.63) is 0 Å². The third kappa shape index (κ3) is 2.72. The Labute approximate surface area is 91.0 Å². The van der Waals surface area contributed by atoms with Gasteiger partial charge in [-0.15, -0.1) is 0 Å². The van der Waals surface area contributed by atoms with Gasteiger partial charge in [0, 0.05) is 5.92 Å². The van der Waals surface area contributed by atoms with Gasteiger partial charge in [0.1, 0.15) is 12.2 Å². The van der Waals surface area contributed by atoms with E-state index < -0.39 is 24.6 Å². The van der Waals surface area contributed by atoms with Crippen LogP contribution in [-0.2, 0) is 9.53 Å². The zero-order chi connectivity index (χ0) is 12.6. The van der Waals surface area contributed by atoms with Gasteiger partial charge in [0.2, 0.25) is 0 Å². The van der Waals surface area contributed by atoms with Gasteiger partial charge in [-0.25, -0.2) is 8.78 Å². The minimum atomic E-state index is -4.19. The highest BCUT2D eigenvalue weighted by Crippen LogP contribution is 2.43. The third-order valence-electron chi connectivity index (χ3n) is 2.54. The van der Waals surface area contributed by atoms with Crippen molar-refractivity contribution >= 4 is 5.78 Å². The standard InChI is InChI=1S/C10H14F4O2/c1-6(2)7(15)9(3-4-9)16-5-10(13,14)8(11)12/h6,8H,3-5H2,1-2H3. The molecule has 1 aliphatic carbocycles. The molecular weight excluding hydrogens is 228 g/mol. The lowest BCUT2D eigenvalue weighted by Crippen LogP contribution is -2.38. The van der Waals surface area contributed by atoms with Crippen LogP contribution in [0.15, 0.2) is 0 Å². The van der Waals surface area contributed by atoms with Gasteiger partial charge in [-0.2, -0.15) is 8.78 Å². The summed E-state index contributed by atoms with van der Waals surface area (Å²) in [5.41, 5.74) is -1.23. The predicted octanol–water partition coefficient (Wildman–Crippen LogP) is 2.66. The lowest BCUT2D eigenvalue weighted by molar-refractivity contribution is -0.183. The lowest BCUT2D eigenvalue weighted by atomic mass is 10.0. The second kappa shape index (κ2) is 4.31. The van der Waals surface area contributed by atoms with Gasteiger partial charge in [0.25, 0.3) is 0 Å². The minimum Gasteiger partial charge on any atom is -0.361 e. The Balaban J connectivity index is 2.53. The number of hydrogen-bond donors (Lipinski definition) is 0. The molecule has 1 fully saturated rings. The molecule has 0 N–H and O–H groups in total. The Morgan fingerprint density at radius 2 is 1.88 bits per heavy atom. The first kappa shape index (κ1) is 13.4. The SMILES string of the molecule is CC(C)C(=O)C1(OCC(F)(F)C(F)F)CC1. The monoisotopic (exact) mass is 242 g/mol. The summed E-state index contributed by atoms with van der Waals surface area (Å²) < 4.78 is 53.6. The largest absolute Gasteiger partial charge is 0.361 e. The summed E-state index contributed by atoms with van der Waals surface area (Å²) in [6.07, 6.45) is -3.09. The highest BCUT2D eigenvalue weighted by atomic mass is 19.3. The Hall–Kier alpha value is -0.650. The number of Topliss-reactive ketones (excluding diaryl/α,β-unsaturated/α-hetero) is 1. The van der Waals surface area contributed by atoms with Gasteiger partial charge in [0.05, 0.1) is 0 Å². The van der Waals surface area contributed by atoms with E-state index in [0.29, 0.717) is 12.8 Å². The number of carbonyl (C=O) groups excluding carboxylic acids is 1. The van der Waals surface area contributed by atoms with Crippen molar-refractivity contribution in [3.8, 4) is 0 Å². The zero-order valence-corrected chi connectivity index (χ0v) is 9.10. The maximum Gasteiger partial charge on any atom is 0.330 e. The fourth-order valence-corrected chi connectivity index (χ4v) is 1.40. The minimum absolute atomic E-state index is 0.294. The lowest BCUT2D eigenvalue weighted by Gasteiger charge is -2.21. The van der Waals surface area contributed by atoms with Gasteiger partial charge < -0.3 is 4.74 Å². The fourth-order valence-electron chi connectivity index (χ4n) is 1.40. The maximum absolute atomic E-state index is 12.6. The summed E-state index contributed by atoms with van der Waals surface area (Å²) in [4.78, 5) is 11.6. The van der Waals surface area contributed by atoms with Crippen molar-refractivity contribution in [2.24, 2.45) is 5.92 Å². The second-order valence-electron chi connectivity index (χ2n) is 4.36. The van der Waals surface area contributed by atoms with Crippen LogP contribution in [0.1, 0.15) is 26.7 Å². The summed E-state index contributed by atoms with van der Waals surface area (Å²) in [7, 11) is 0. The van der Waals surface area contributed by atoms with Gasteiger partial charge >= 0.3 is 12.3 Å². The number of carbonyl (C=O) groups is 1. The van der Waals surface area contributed by atoms with Crippen LogP contribution in [0.2, 0.25) is 0 Å². The van der Waals surface area contributed by atoms with Crippen LogP contribution in [0.3, 0.4) is 0 Å². The second-order valence-corrected chi connectivity index (χ2v) is 4.36. The number of ketones is 1. The number of ether oxygens (including phenoxy) is 1.